The third-order valence-electron chi connectivity index (χ3n) is 4.54. The lowest BCUT2D eigenvalue weighted by Crippen LogP contribution is -2.27. The van der Waals surface area contributed by atoms with E-state index in [9.17, 15) is 4.79 Å². The van der Waals surface area contributed by atoms with Crippen molar-refractivity contribution in [1.29, 1.82) is 0 Å². The molecule has 0 saturated carbocycles. The van der Waals surface area contributed by atoms with E-state index in [1.807, 2.05) is 56.3 Å². The summed E-state index contributed by atoms with van der Waals surface area (Å²) in [6, 6.07) is 13.4. The highest BCUT2D eigenvalue weighted by Crippen LogP contribution is 2.23. The Hall–Kier alpha value is -2.79. The van der Waals surface area contributed by atoms with Crippen LogP contribution in [0.4, 0.5) is 0 Å². The van der Waals surface area contributed by atoms with Gasteiger partial charge in [0.25, 0.3) is 0 Å². The number of imidazole rings is 1. The summed E-state index contributed by atoms with van der Waals surface area (Å²) in [6.07, 6.45) is 2.07. The van der Waals surface area contributed by atoms with Gasteiger partial charge in [-0.3, -0.25) is 4.79 Å². The van der Waals surface area contributed by atoms with E-state index in [0.29, 0.717) is 6.61 Å². The number of amides is 1. The molecule has 0 aliphatic heterocycles. The number of ether oxygens (including phenoxy) is 1. The number of aromatic nitrogens is 2. The van der Waals surface area contributed by atoms with Crippen LogP contribution in [-0.4, -0.2) is 22.1 Å². The van der Waals surface area contributed by atoms with Crippen molar-refractivity contribution in [3.05, 3.63) is 71.5 Å². The molecule has 1 aromatic heterocycles. The number of rotatable bonds is 8. The number of carbonyl (C=O) groups is 1. The van der Waals surface area contributed by atoms with Gasteiger partial charge >= 0.3 is 0 Å². The molecule has 0 aliphatic carbocycles. The van der Waals surface area contributed by atoms with Gasteiger partial charge in [0.2, 0.25) is 5.91 Å². The van der Waals surface area contributed by atoms with Crippen molar-refractivity contribution in [2.45, 2.75) is 32.9 Å². The minimum atomic E-state index is -0.224. The standard InChI is InChI=1S/C22H24ClN3O2/c1-4-21(27)24-16(3)22-25-19-8-5-6-9-20(19)26(22)12-7-13-28-17-10-11-18(23)15(2)14-17/h4-6,8-11,14,16H,1,7,12-13H2,2-3H3,(H,24,27). The molecule has 0 fully saturated rings. The first-order valence-corrected chi connectivity index (χ1v) is 9.64. The Balaban J connectivity index is 1.72. The van der Waals surface area contributed by atoms with Crippen LogP contribution in [0.5, 0.6) is 5.75 Å². The average Bonchev–Trinajstić information content (AvgIpc) is 3.06. The summed E-state index contributed by atoms with van der Waals surface area (Å²) < 4.78 is 8.00. The molecule has 146 valence electrons. The van der Waals surface area contributed by atoms with Gasteiger partial charge in [-0.15, -0.1) is 0 Å². The van der Waals surface area contributed by atoms with Crippen LogP contribution in [0.1, 0.15) is 30.8 Å². The summed E-state index contributed by atoms with van der Waals surface area (Å²) in [5.74, 6) is 1.41. The predicted octanol–water partition coefficient (Wildman–Crippen LogP) is 4.83. The highest BCUT2D eigenvalue weighted by Gasteiger charge is 2.17. The first-order valence-electron chi connectivity index (χ1n) is 9.26. The fourth-order valence-electron chi connectivity index (χ4n) is 3.12. The van der Waals surface area contributed by atoms with E-state index < -0.39 is 0 Å². The molecule has 0 bridgehead atoms. The highest BCUT2D eigenvalue weighted by molar-refractivity contribution is 6.31. The van der Waals surface area contributed by atoms with Crippen molar-refractivity contribution in [3.63, 3.8) is 0 Å². The van der Waals surface area contributed by atoms with Gasteiger partial charge in [0.15, 0.2) is 0 Å². The Morgan fingerprint density at radius 3 is 2.89 bits per heavy atom. The molecule has 2 aromatic carbocycles. The number of aryl methyl sites for hydroxylation is 2. The maximum atomic E-state index is 11.7. The van der Waals surface area contributed by atoms with Crippen molar-refractivity contribution >= 4 is 28.5 Å². The number of hydrogen-bond acceptors (Lipinski definition) is 3. The molecule has 0 radical (unpaired) electrons. The molecule has 0 aliphatic rings. The zero-order valence-corrected chi connectivity index (χ0v) is 16.9. The molecule has 5 nitrogen and oxygen atoms in total. The number of hydrogen-bond donors (Lipinski definition) is 1. The highest BCUT2D eigenvalue weighted by atomic mass is 35.5. The second-order valence-corrected chi connectivity index (χ2v) is 7.06. The maximum Gasteiger partial charge on any atom is 0.243 e. The lowest BCUT2D eigenvalue weighted by atomic mass is 10.2. The molecule has 28 heavy (non-hydrogen) atoms. The SMILES string of the molecule is C=CC(=O)NC(C)c1nc2ccccc2n1CCCOc1ccc(Cl)c(C)c1. The predicted molar refractivity (Wildman–Crippen MR) is 113 cm³/mol. The lowest BCUT2D eigenvalue weighted by Gasteiger charge is -2.16. The van der Waals surface area contributed by atoms with E-state index in [1.165, 1.54) is 6.08 Å². The molecule has 0 saturated heterocycles. The van der Waals surface area contributed by atoms with Crippen molar-refractivity contribution in [3.8, 4) is 5.75 Å². The van der Waals surface area contributed by atoms with Gasteiger partial charge < -0.3 is 14.6 Å². The van der Waals surface area contributed by atoms with E-state index in [0.717, 1.165) is 46.2 Å². The molecule has 1 amide bonds. The van der Waals surface area contributed by atoms with Crippen LogP contribution in [0.3, 0.4) is 0 Å². The summed E-state index contributed by atoms with van der Waals surface area (Å²) in [5.41, 5.74) is 2.94. The molecule has 1 atom stereocenters. The molecule has 6 heteroatoms. The molecular weight excluding hydrogens is 374 g/mol. The summed E-state index contributed by atoms with van der Waals surface area (Å²) in [6.45, 7) is 8.69. The van der Waals surface area contributed by atoms with Crippen LogP contribution >= 0.6 is 11.6 Å². The van der Waals surface area contributed by atoms with Gasteiger partial charge in [-0.1, -0.05) is 30.3 Å². The molecule has 3 aromatic rings. The fraction of sp³-hybridized carbons (Fsp3) is 0.273. The van der Waals surface area contributed by atoms with E-state index in [1.54, 1.807) is 0 Å². The average molecular weight is 398 g/mol. The third kappa shape index (κ3) is 4.54. The van der Waals surface area contributed by atoms with Crippen molar-refractivity contribution in [2.24, 2.45) is 0 Å². The molecule has 1 heterocycles. The smallest absolute Gasteiger partial charge is 0.243 e. The van der Waals surface area contributed by atoms with E-state index in [-0.39, 0.29) is 11.9 Å². The van der Waals surface area contributed by atoms with Gasteiger partial charge in [0.1, 0.15) is 11.6 Å². The van der Waals surface area contributed by atoms with Crippen LogP contribution in [-0.2, 0) is 11.3 Å². The fourth-order valence-corrected chi connectivity index (χ4v) is 3.23. The quantitative estimate of drug-likeness (QED) is 0.437. The number of nitrogens with one attached hydrogen (secondary N) is 1. The second kappa shape index (κ2) is 8.93. The van der Waals surface area contributed by atoms with E-state index in [2.05, 4.69) is 16.5 Å². The summed E-state index contributed by atoms with van der Waals surface area (Å²) in [4.78, 5) is 16.4. The normalized spacial score (nSPS) is 12.0. The van der Waals surface area contributed by atoms with Crippen LogP contribution in [0.2, 0.25) is 5.02 Å². The Kier molecular flexibility index (Phi) is 6.37. The van der Waals surface area contributed by atoms with E-state index in [4.69, 9.17) is 21.3 Å². The number of halogens is 1. The lowest BCUT2D eigenvalue weighted by molar-refractivity contribution is -0.117. The first kappa shape index (κ1) is 20.0. The third-order valence-corrected chi connectivity index (χ3v) is 4.96. The van der Waals surface area contributed by atoms with Crippen LogP contribution in [0.15, 0.2) is 55.1 Å². The zero-order valence-electron chi connectivity index (χ0n) is 16.1. The zero-order chi connectivity index (χ0) is 20.1. The van der Waals surface area contributed by atoms with E-state index >= 15 is 0 Å². The Labute approximate surface area is 170 Å². The number of benzene rings is 2. The number of nitrogens with zero attached hydrogens (tertiary/aromatic N) is 2. The second-order valence-electron chi connectivity index (χ2n) is 6.66. The first-order chi connectivity index (χ1) is 13.5. The minimum Gasteiger partial charge on any atom is -0.494 e. The molecular formula is C22H24ClN3O2. The molecule has 1 N–H and O–H groups in total. The number of fused-ring (bicyclic) bond motifs is 1. The van der Waals surface area contributed by atoms with Crippen molar-refractivity contribution in [1.82, 2.24) is 14.9 Å². The van der Waals surface area contributed by atoms with Gasteiger partial charge in [-0.25, -0.2) is 4.98 Å². The minimum absolute atomic E-state index is 0.215. The Morgan fingerprint density at radius 2 is 2.14 bits per heavy atom. The Morgan fingerprint density at radius 1 is 1.36 bits per heavy atom. The van der Waals surface area contributed by atoms with Crippen LogP contribution in [0, 0.1) is 6.92 Å². The summed E-state index contributed by atoms with van der Waals surface area (Å²) in [5, 5.41) is 3.62. The van der Waals surface area contributed by atoms with Gasteiger partial charge in [0, 0.05) is 11.6 Å². The Bertz CT molecular complexity index is 997. The molecule has 3 rings (SSSR count). The summed E-state index contributed by atoms with van der Waals surface area (Å²) in [7, 11) is 0. The van der Waals surface area contributed by atoms with Crippen molar-refractivity contribution in [2.75, 3.05) is 6.61 Å². The molecule has 0 spiro atoms. The van der Waals surface area contributed by atoms with Crippen LogP contribution in [0.25, 0.3) is 11.0 Å². The monoisotopic (exact) mass is 397 g/mol. The molecule has 1 unspecified atom stereocenters. The topological polar surface area (TPSA) is 56.2 Å². The number of carbonyl (C=O) groups excluding carboxylic acids is 1. The van der Waals surface area contributed by atoms with Gasteiger partial charge in [-0.05, 0) is 62.2 Å². The van der Waals surface area contributed by atoms with Crippen molar-refractivity contribution < 1.29 is 9.53 Å². The van der Waals surface area contributed by atoms with Gasteiger partial charge in [0.05, 0.1) is 23.7 Å². The maximum absolute atomic E-state index is 11.7. The largest absolute Gasteiger partial charge is 0.494 e. The van der Waals surface area contributed by atoms with Crippen LogP contribution < -0.4 is 10.1 Å². The summed E-state index contributed by atoms with van der Waals surface area (Å²) >= 11 is 6.06. The van der Waals surface area contributed by atoms with Gasteiger partial charge in [-0.2, -0.15) is 0 Å². The number of para-hydroxylation sites is 2.